The molecule has 4 rings (SSSR count). The van der Waals surface area contributed by atoms with E-state index in [0.29, 0.717) is 11.3 Å². The summed E-state index contributed by atoms with van der Waals surface area (Å²) in [6.07, 6.45) is 6.58. The second-order valence-corrected chi connectivity index (χ2v) is 8.37. The van der Waals surface area contributed by atoms with Crippen LogP contribution in [0.5, 0.6) is 0 Å². The number of primary amides is 1. The lowest BCUT2D eigenvalue weighted by atomic mass is 9.91. The number of nitrogens with zero attached hydrogens (tertiary/aromatic N) is 2. The summed E-state index contributed by atoms with van der Waals surface area (Å²) in [6, 6.07) is 7.03. The molecule has 33 heavy (non-hydrogen) atoms. The molecule has 1 saturated carbocycles. The van der Waals surface area contributed by atoms with Gasteiger partial charge in [0.25, 0.3) is 5.91 Å². The molecule has 6 N–H and O–H groups in total. The van der Waals surface area contributed by atoms with E-state index >= 15 is 0 Å². The lowest BCUT2D eigenvalue weighted by Crippen LogP contribution is -2.43. The molecule has 0 unspecified atom stereocenters. The maximum absolute atomic E-state index is 14.7. The van der Waals surface area contributed by atoms with Gasteiger partial charge in [0.1, 0.15) is 11.6 Å². The average molecular weight is 473 g/mol. The molecule has 0 radical (unpaired) electrons. The molecule has 1 aliphatic rings. The number of anilines is 3. The lowest BCUT2D eigenvalue weighted by Gasteiger charge is -2.30. The van der Waals surface area contributed by atoms with Gasteiger partial charge in [-0.25, -0.2) is 13.8 Å². The van der Waals surface area contributed by atoms with Crippen LogP contribution in [0.2, 0.25) is 5.02 Å². The van der Waals surface area contributed by atoms with Crippen molar-refractivity contribution in [1.82, 2.24) is 9.97 Å². The van der Waals surface area contributed by atoms with E-state index in [4.69, 9.17) is 23.1 Å². The van der Waals surface area contributed by atoms with Gasteiger partial charge in [0, 0.05) is 29.4 Å². The standard InChI is InChI=1S/C23H23ClF2N6O/c24-16-5-3-4-14(20(16)26)12-8-13(11-29-10-12)30-22-15(21(28)33)9-17(25)23(32-22)31-19-7-2-1-6-18(19)27/h3-5,8-11,18-19H,1-2,6-7,27H2,(H2,28,33)(H2,30,31,32)/t18-,19+/m0/s1. The highest BCUT2D eigenvalue weighted by molar-refractivity contribution is 6.31. The van der Waals surface area contributed by atoms with Crippen molar-refractivity contribution in [1.29, 1.82) is 0 Å². The second kappa shape index (κ2) is 9.68. The summed E-state index contributed by atoms with van der Waals surface area (Å²) in [5.41, 5.74) is 12.6. The number of carbonyl (C=O) groups is 1. The Morgan fingerprint density at radius 1 is 1.12 bits per heavy atom. The Hall–Kier alpha value is -3.30. The predicted molar refractivity (Wildman–Crippen MR) is 124 cm³/mol. The number of halogens is 3. The van der Waals surface area contributed by atoms with Crippen LogP contribution in [0.15, 0.2) is 42.7 Å². The summed E-state index contributed by atoms with van der Waals surface area (Å²) >= 11 is 5.89. The molecule has 2 heterocycles. The molecule has 0 saturated heterocycles. The number of aromatic nitrogens is 2. The third kappa shape index (κ3) is 5.04. The van der Waals surface area contributed by atoms with Crippen LogP contribution >= 0.6 is 11.6 Å². The predicted octanol–water partition coefficient (Wildman–Crippen LogP) is 4.60. The van der Waals surface area contributed by atoms with Crippen LogP contribution in [-0.4, -0.2) is 28.0 Å². The molecule has 0 aliphatic heterocycles. The first-order valence-corrected chi connectivity index (χ1v) is 10.9. The molecule has 0 bridgehead atoms. The van der Waals surface area contributed by atoms with Gasteiger partial charge in [-0.2, -0.15) is 0 Å². The summed E-state index contributed by atoms with van der Waals surface area (Å²) in [6.45, 7) is 0. The van der Waals surface area contributed by atoms with Crippen LogP contribution in [0.4, 0.5) is 26.1 Å². The maximum Gasteiger partial charge on any atom is 0.252 e. The molecule has 3 aromatic rings. The monoisotopic (exact) mass is 472 g/mol. The van der Waals surface area contributed by atoms with Crippen LogP contribution in [0.25, 0.3) is 11.1 Å². The summed E-state index contributed by atoms with van der Waals surface area (Å²) in [7, 11) is 0. The van der Waals surface area contributed by atoms with Gasteiger partial charge in [-0.3, -0.25) is 9.78 Å². The number of rotatable bonds is 6. The molecule has 0 spiro atoms. The minimum Gasteiger partial charge on any atom is -0.365 e. The van der Waals surface area contributed by atoms with Gasteiger partial charge in [-0.15, -0.1) is 0 Å². The number of carbonyl (C=O) groups excluding carboxylic acids is 1. The fourth-order valence-electron chi connectivity index (χ4n) is 3.91. The highest BCUT2D eigenvalue weighted by Gasteiger charge is 2.24. The zero-order valence-corrected chi connectivity index (χ0v) is 18.4. The lowest BCUT2D eigenvalue weighted by molar-refractivity contribution is 0.100. The number of benzene rings is 1. The van der Waals surface area contributed by atoms with Gasteiger partial charge in [0.15, 0.2) is 11.6 Å². The van der Waals surface area contributed by atoms with Crippen molar-refractivity contribution in [3.8, 4) is 11.1 Å². The molecule has 1 aromatic carbocycles. The maximum atomic E-state index is 14.7. The summed E-state index contributed by atoms with van der Waals surface area (Å²) in [4.78, 5) is 20.3. The Labute approximate surface area is 194 Å². The van der Waals surface area contributed by atoms with Crippen LogP contribution in [0, 0.1) is 11.6 Å². The van der Waals surface area contributed by atoms with Crippen molar-refractivity contribution < 1.29 is 13.6 Å². The Morgan fingerprint density at radius 2 is 1.91 bits per heavy atom. The fraction of sp³-hybridized carbons (Fsp3) is 0.261. The highest BCUT2D eigenvalue weighted by atomic mass is 35.5. The van der Waals surface area contributed by atoms with E-state index in [2.05, 4.69) is 20.6 Å². The molecule has 1 fully saturated rings. The molecule has 172 valence electrons. The summed E-state index contributed by atoms with van der Waals surface area (Å²) < 4.78 is 29.2. The molecule has 1 amide bonds. The molecule has 2 atom stereocenters. The molecular weight excluding hydrogens is 450 g/mol. The van der Waals surface area contributed by atoms with E-state index in [-0.39, 0.29) is 39.9 Å². The summed E-state index contributed by atoms with van der Waals surface area (Å²) in [5.74, 6) is -2.13. The van der Waals surface area contributed by atoms with E-state index in [0.717, 1.165) is 31.7 Å². The largest absolute Gasteiger partial charge is 0.365 e. The van der Waals surface area contributed by atoms with Crippen molar-refractivity contribution in [3.63, 3.8) is 0 Å². The first-order chi connectivity index (χ1) is 15.8. The van der Waals surface area contributed by atoms with E-state index in [1.54, 1.807) is 18.2 Å². The molecule has 10 heteroatoms. The number of nitrogens with two attached hydrogens (primary N) is 2. The number of hydrogen-bond acceptors (Lipinski definition) is 6. The highest BCUT2D eigenvalue weighted by Crippen LogP contribution is 2.31. The van der Waals surface area contributed by atoms with Crippen LogP contribution < -0.4 is 22.1 Å². The number of amides is 1. The Balaban J connectivity index is 1.67. The molecular formula is C23H23ClF2N6O. The summed E-state index contributed by atoms with van der Waals surface area (Å²) in [5, 5.41) is 5.99. The smallest absolute Gasteiger partial charge is 0.252 e. The molecule has 1 aliphatic carbocycles. The Bertz CT molecular complexity index is 1190. The number of nitrogens with one attached hydrogen (secondary N) is 2. The topological polar surface area (TPSA) is 119 Å². The van der Waals surface area contributed by atoms with E-state index in [1.807, 2.05) is 0 Å². The van der Waals surface area contributed by atoms with Crippen LogP contribution in [-0.2, 0) is 0 Å². The van der Waals surface area contributed by atoms with Gasteiger partial charge >= 0.3 is 0 Å². The van der Waals surface area contributed by atoms with E-state index in [1.165, 1.54) is 18.5 Å². The normalized spacial score (nSPS) is 18.1. The SMILES string of the molecule is NC(=O)c1cc(F)c(N[C@@H]2CCCC[C@@H]2N)nc1Nc1cncc(-c2cccc(Cl)c2F)c1. The van der Waals surface area contributed by atoms with Crippen molar-refractivity contribution in [2.24, 2.45) is 11.5 Å². The molecule has 7 nitrogen and oxygen atoms in total. The van der Waals surface area contributed by atoms with Crippen LogP contribution in [0.1, 0.15) is 36.0 Å². The van der Waals surface area contributed by atoms with Gasteiger partial charge < -0.3 is 22.1 Å². The van der Waals surface area contributed by atoms with Gasteiger partial charge in [-0.05, 0) is 31.0 Å². The molecule has 2 aromatic heterocycles. The van der Waals surface area contributed by atoms with Crippen molar-refractivity contribution in [2.75, 3.05) is 10.6 Å². The first kappa shape index (κ1) is 22.9. The third-order valence-electron chi connectivity index (χ3n) is 5.65. The van der Waals surface area contributed by atoms with E-state index < -0.39 is 17.5 Å². The number of hydrogen-bond donors (Lipinski definition) is 4. The Kier molecular flexibility index (Phi) is 6.71. The van der Waals surface area contributed by atoms with Gasteiger partial charge in [0.05, 0.1) is 22.5 Å². The van der Waals surface area contributed by atoms with Crippen molar-refractivity contribution in [2.45, 2.75) is 37.8 Å². The van der Waals surface area contributed by atoms with Crippen LogP contribution in [0.3, 0.4) is 0 Å². The zero-order chi connectivity index (χ0) is 23.5. The average Bonchev–Trinajstić information content (AvgIpc) is 2.79. The Morgan fingerprint density at radius 3 is 2.67 bits per heavy atom. The quantitative estimate of drug-likeness (QED) is 0.416. The van der Waals surface area contributed by atoms with Crippen molar-refractivity contribution in [3.05, 3.63) is 64.9 Å². The minimum absolute atomic E-state index is 0.0151. The van der Waals surface area contributed by atoms with Crippen molar-refractivity contribution >= 4 is 34.8 Å². The second-order valence-electron chi connectivity index (χ2n) is 7.97. The van der Waals surface area contributed by atoms with E-state index in [9.17, 15) is 13.6 Å². The number of pyridine rings is 2. The third-order valence-corrected chi connectivity index (χ3v) is 5.94. The zero-order valence-electron chi connectivity index (χ0n) is 17.6. The first-order valence-electron chi connectivity index (χ1n) is 10.5. The van der Waals surface area contributed by atoms with Gasteiger partial charge in [-0.1, -0.05) is 36.6 Å². The minimum atomic E-state index is -0.852. The fourth-order valence-corrected chi connectivity index (χ4v) is 4.08. The van der Waals surface area contributed by atoms with Gasteiger partial charge in [0.2, 0.25) is 0 Å².